The summed E-state index contributed by atoms with van der Waals surface area (Å²) >= 11 is 0. The van der Waals surface area contributed by atoms with Crippen molar-refractivity contribution in [1.29, 1.82) is 5.41 Å². The van der Waals surface area contributed by atoms with E-state index in [0.717, 1.165) is 84.7 Å². The van der Waals surface area contributed by atoms with E-state index in [1.807, 2.05) is 18.2 Å². The van der Waals surface area contributed by atoms with Crippen molar-refractivity contribution in [1.82, 2.24) is 4.90 Å². The molecule has 6 heteroatoms. The summed E-state index contributed by atoms with van der Waals surface area (Å²) in [6, 6.07) is 22.7. The second kappa shape index (κ2) is 17.0. The number of hydrogen-bond acceptors (Lipinski definition) is 4. The number of phenols is 1. The van der Waals surface area contributed by atoms with Crippen LogP contribution in [-0.4, -0.2) is 46.6 Å². The normalized spacial score (nSPS) is 10.7. The molecule has 224 valence electrons. The monoisotopic (exact) mass is 570 g/mol. The molecule has 6 nitrogen and oxygen atoms in total. The fourth-order valence-electron chi connectivity index (χ4n) is 4.92. The fourth-order valence-corrected chi connectivity index (χ4v) is 4.92. The van der Waals surface area contributed by atoms with Gasteiger partial charge in [-0.3, -0.25) is 5.41 Å². The van der Waals surface area contributed by atoms with E-state index in [-0.39, 0.29) is 11.3 Å². The number of carbonyl (C=O) groups is 1. The highest BCUT2D eigenvalue weighted by Crippen LogP contribution is 2.30. The number of ether oxygens (including phenoxy) is 1. The van der Waals surface area contributed by atoms with Gasteiger partial charge in [-0.25, -0.2) is 4.79 Å². The molecule has 0 atom stereocenters. The molecule has 0 aliphatic rings. The molecule has 0 saturated heterocycles. The van der Waals surface area contributed by atoms with E-state index >= 15 is 0 Å². The predicted molar refractivity (Wildman–Crippen MR) is 174 cm³/mol. The van der Waals surface area contributed by atoms with Gasteiger partial charge in [0.2, 0.25) is 0 Å². The molecule has 3 N–H and O–H groups in total. The van der Waals surface area contributed by atoms with Crippen LogP contribution in [0.25, 0.3) is 21.5 Å². The van der Waals surface area contributed by atoms with Crippen LogP contribution in [0.4, 0.5) is 0 Å². The summed E-state index contributed by atoms with van der Waals surface area (Å²) in [6.45, 7) is 9.33. The molecule has 0 amide bonds. The van der Waals surface area contributed by atoms with Crippen LogP contribution in [0.5, 0.6) is 11.5 Å². The Labute approximate surface area is 250 Å². The Bertz CT molecular complexity index is 1440. The number of carboxylic acids is 1. The average molecular weight is 571 g/mol. The minimum absolute atomic E-state index is 0.0660. The zero-order valence-corrected chi connectivity index (χ0v) is 25.4. The molecule has 0 aliphatic carbocycles. The number of nitrogens with zero attached hydrogens (tertiary/aromatic N) is 1. The second-order valence-corrected chi connectivity index (χ2v) is 10.6. The van der Waals surface area contributed by atoms with E-state index in [1.165, 1.54) is 31.4 Å². The van der Waals surface area contributed by atoms with Crippen molar-refractivity contribution in [3.63, 3.8) is 0 Å². The van der Waals surface area contributed by atoms with Gasteiger partial charge < -0.3 is 19.8 Å². The maximum Gasteiger partial charge on any atom is 0.339 e. The highest BCUT2D eigenvalue weighted by atomic mass is 16.5. The third kappa shape index (κ3) is 8.97. The molecule has 0 unspecified atom stereocenters. The van der Waals surface area contributed by atoms with E-state index in [1.54, 1.807) is 6.07 Å². The number of nitrogens with one attached hydrogen (secondary N) is 1. The first kappa shape index (κ1) is 32.5. The Morgan fingerprint density at radius 3 is 1.95 bits per heavy atom. The SMILES string of the molecule is CCCCCCOc1ccc(C(=N)N(CCCC)CCCC)c2ccccc12.O=C(O)c1cc2ccccc2cc1O. The number of aromatic hydroxyl groups is 1. The van der Waals surface area contributed by atoms with Crippen molar-refractivity contribution in [2.45, 2.75) is 72.1 Å². The molecule has 42 heavy (non-hydrogen) atoms. The van der Waals surface area contributed by atoms with Gasteiger partial charge in [0.1, 0.15) is 22.9 Å². The number of rotatable bonds is 14. The standard InChI is InChI=1S/C25H38N2O.C11H8O3/c1-4-7-10-13-20-28-24-17-16-23(21-14-11-12-15-22(21)24)25(26)27(18-8-5-2)19-9-6-3;12-10-6-8-4-2-1-3-7(8)5-9(10)11(13)14/h11-12,14-17,26H,4-10,13,18-20H2,1-3H3;1-6,12H,(H,13,14). The maximum atomic E-state index is 10.7. The van der Waals surface area contributed by atoms with Gasteiger partial charge >= 0.3 is 5.97 Å². The van der Waals surface area contributed by atoms with E-state index in [4.69, 9.17) is 15.3 Å². The van der Waals surface area contributed by atoms with Gasteiger partial charge in [0.05, 0.1) is 6.61 Å². The Morgan fingerprint density at radius 1 is 0.738 bits per heavy atom. The Hall–Kier alpha value is -4.06. The Balaban J connectivity index is 0.000000287. The van der Waals surface area contributed by atoms with Gasteiger partial charge in [0.25, 0.3) is 0 Å². The van der Waals surface area contributed by atoms with Crippen LogP contribution >= 0.6 is 0 Å². The molecule has 0 radical (unpaired) electrons. The van der Waals surface area contributed by atoms with Gasteiger partial charge in [-0.15, -0.1) is 0 Å². The molecule has 0 fully saturated rings. The summed E-state index contributed by atoms with van der Waals surface area (Å²) in [5.41, 5.74) is 0.949. The fraction of sp³-hybridized carbons (Fsp3) is 0.389. The van der Waals surface area contributed by atoms with Crippen molar-refractivity contribution >= 4 is 33.3 Å². The largest absolute Gasteiger partial charge is 0.507 e. The summed E-state index contributed by atoms with van der Waals surface area (Å²) in [6.07, 6.45) is 9.40. The van der Waals surface area contributed by atoms with Crippen LogP contribution in [-0.2, 0) is 0 Å². The lowest BCUT2D eigenvalue weighted by Crippen LogP contribution is -2.33. The van der Waals surface area contributed by atoms with Crippen LogP contribution in [0, 0.1) is 5.41 Å². The van der Waals surface area contributed by atoms with Crippen LogP contribution in [0.2, 0.25) is 0 Å². The minimum atomic E-state index is -1.12. The molecule has 4 aromatic rings. The lowest BCUT2D eigenvalue weighted by Gasteiger charge is -2.26. The molecule has 4 aromatic carbocycles. The number of hydrogen-bond donors (Lipinski definition) is 3. The number of carboxylic acid groups (broad SMARTS) is 1. The molecule has 0 saturated carbocycles. The van der Waals surface area contributed by atoms with Crippen LogP contribution < -0.4 is 4.74 Å². The lowest BCUT2D eigenvalue weighted by molar-refractivity contribution is 0.0694. The summed E-state index contributed by atoms with van der Waals surface area (Å²) in [5, 5.41) is 30.9. The molecular weight excluding hydrogens is 524 g/mol. The third-order valence-electron chi connectivity index (χ3n) is 7.37. The number of unbranched alkanes of at least 4 members (excludes halogenated alkanes) is 5. The number of benzene rings is 4. The van der Waals surface area contributed by atoms with Gasteiger partial charge in [-0.2, -0.15) is 0 Å². The van der Waals surface area contributed by atoms with Crippen molar-refractivity contribution in [3.05, 3.63) is 83.9 Å². The predicted octanol–water partition coefficient (Wildman–Crippen LogP) is 9.27. The highest BCUT2D eigenvalue weighted by Gasteiger charge is 2.16. The summed E-state index contributed by atoms with van der Waals surface area (Å²) in [7, 11) is 0. The van der Waals surface area contributed by atoms with E-state index in [2.05, 4.69) is 62.1 Å². The van der Waals surface area contributed by atoms with E-state index in [0.29, 0.717) is 5.84 Å². The number of amidine groups is 1. The highest BCUT2D eigenvalue weighted by molar-refractivity contribution is 6.09. The van der Waals surface area contributed by atoms with Crippen molar-refractivity contribution in [3.8, 4) is 11.5 Å². The van der Waals surface area contributed by atoms with Crippen molar-refractivity contribution < 1.29 is 19.7 Å². The zero-order chi connectivity index (χ0) is 30.3. The van der Waals surface area contributed by atoms with Crippen molar-refractivity contribution in [2.24, 2.45) is 0 Å². The Morgan fingerprint density at radius 2 is 1.33 bits per heavy atom. The average Bonchev–Trinajstić information content (AvgIpc) is 3.00. The molecule has 4 rings (SSSR count). The van der Waals surface area contributed by atoms with Crippen LogP contribution in [0.15, 0.2) is 72.8 Å². The maximum absolute atomic E-state index is 10.7. The molecule has 0 aromatic heterocycles. The first-order chi connectivity index (χ1) is 20.4. The van der Waals surface area contributed by atoms with Gasteiger partial charge in [-0.1, -0.05) is 101 Å². The summed E-state index contributed by atoms with van der Waals surface area (Å²) < 4.78 is 6.11. The molecule has 0 bridgehead atoms. The summed E-state index contributed by atoms with van der Waals surface area (Å²) in [4.78, 5) is 13.0. The Kier molecular flexibility index (Phi) is 13.2. The lowest BCUT2D eigenvalue weighted by atomic mass is 10.0. The van der Waals surface area contributed by atoms with Crippen molar-refractivity contribution in [2.75, 3.05) is 19.7 Å². The number of aromatic carboxylic acids is 1. The molecule has 0 spiro atoms. The number of fused-ring (bicyclic) bond motifs is 2. The smallest absolute Gasteiger partial charge is 0.339 e. The third-order valence-corrected chi connectivity index (χ3v) is 7.37. The van der Waals surface area contributed by atoms with Gasteiger partial charge in [0.15, 0.2) is 0 Å². The van der Waals surface area contributed by atoms with Crippen LogP contribution in [0.1, 0.15) is 88.1 Å². The van der Waals surface area contributed by atoms with Gasteiger partial charge in [-0.05, 0) is 59.7 Å². The second-order valence-electron chi connectivity index (χ2n) is 10.6. The molecule has 0 aliphatic heterocycles. The van der Waals surface area contributed by atoms with Gasteiger partial charge in [0, 0.05) is 24.0 Å². The van der Waals surface area contributed by atoms with E-state index in [9.17, 15) is 9.90 Å². The summed E-state index contributed by atoms with van der Waals surface area (Å²) in [5.74, 6) is 0.273. The van der Waals surface area contributed by atoms with E-state index < -0.39 is 5.97 Å². The first-order valence-corrected chi connectivity index (χ1v) is 15.3. The first-order valence-electron chi connectivity index (χ1n) is 15.3. The zero-order valence-electron chi connectivity index (χ0n) is 25.4. The topological polar surface area (TPSA) is 93.9 Å². The molecule has 0 heterocycles. The minimum Gasteiger partial charge on any atom is -0.507 e. The molecular formula is C36H46N2O4. The van der Waals surface area contributed by atoms with Crippen LogP contribution in [0.3, 0.4) is 0 Å². The quantitative estimate of drug-likeness (QED) is 0.0798.